The Morgan fingerprint density at radius 3 is 2.73 bits per heavy atom. The first kappa shape index (κ1) is 18.9. The van der Waals surface area contributed by atoms with Crippen LogP contribution in [0.3, 0.4) is 0 Å². The van der Waals surface area contributed by atoms with Crippen molar-refractivity contribution in [1.82, 2.24) is 15.6 Å². The molecular formula is C15H21IN4OS. The number of thiophene rings is 1. The lowest BCUT2D eigenvalue weighted by molar-refractivity contribution is 0.180. The Labute approximate surface area is 151 Å². The van der Waals surface area contributed by atoms with Crippen LogP contribution in [0, 0.1) is 0 Å². The molecule has 0 bridgehead atoms. The van der Waals surface area contributed by atoms with Crippen molar-refractivity contribution in [3.63, 3.8) is 0 Å². The van der Waals surface area contributed by atoms with E-state index in [0.29, 0.717) is 19.0 Å². The van der Waals surface area contributed by atoms with Crippen LogP contribution in [0.15, 0.2) is 47.0 Å². The number of aliphatic hydroxyl groups is 1. The monoisotopic (exact) mass is 432 g/mol. The largest absolute Gasteiger partial charge is 0.387 e. The second kappa shape index (κ2) is 10.5. The number of hydrogen-bond donors (Lipinski definition) is 3. The van der Waals surface area contributed by atoms with Gasteiger partial charge in [-0.2, -0.15) is 0 Å². The maximum atomic E-state index is 10.1. The molecule has 22 heavy (non-hydrogen) atoms. The van der Waals surface area contributed by atoms with Crippen LogP contribution >= 0.6 is 35.3 Å². The minimum atomic E-state index is -0.585. The molecule has 0 fully saturated rings. The van der Waals surface area contributed by atoms with Crippen molar-refractivity contribution in [3.8, 4) is 0 Å². The van der Waals surface area contributed by atoms with E-state index in [1.54, 1.807) is 23.7 Å². The summed E-state index contributed by atoms with van der Waals surface area (Å²) in [6.07, 6.45) is 2.77. The molecule has 7 heteroatoms. The predicted octanol–water partition coefficient (Wildman–Crippen LogP) is 2.55. The first-order chi connectivity index (χ1) is 10.3. The second-order valence-corrected chi connectivity index (χ2v) is 5.48. The first-order valence-corrected chi connectivity index (χ1v) is 7.80. The molecular weight excluding hydrogens is 411 g/mol. The maximum absolute atomic E-state index is 10.1. The number of nitrogens with zero attached hydrogens (tertiary/aromatic N) is 2. The normalized spacial score (nSPS) is 12.4. The average molecular weight is 432 g/mol. The van der Waals surface area contributed by atoms with E-state index in [9.17, 15) is 5.11 Å². The van der Waals surface area contributed by atoms with Gasteiger partial charge in [0.2, 0.25) is 0 Å². The fourth-order valence-corrected chi connectivity index (χ4v) is 2.43. The van der Waals surface area contributed by atoms with E-state index >= 15 is 0 Å². The number of aliphatic hydroxyl groups excluding tert-OH is 1. The van der Waals surface area contributed by atoms with Crippen LogP contribution < -0.4 is 10.6 Å². The van der Waals surface area contributed by atoms with Gasteiger partial charge in [-0.05, 0) is 36.1 Å². The molecule has 0 amide bonds. The van der Waals surface area contributed by atoms with Gasteiger partial charge < -0.3 is 15.7 Å². The lowest BCUT2D eigenvalue weighted by Gasteiger charge is -2.15. The van der Waals surface area contributed by atoms with Crippen LogP contribution in [-0.4, -0.2) is 29.1 Å². The standard InChI is InChI=1S/C15H20N4OS.HI/c1-2-17-15(18-10-13-4-3-9-21-13)19-11-14(20)12-5-7-16-8-6-12;/h3-9,14,20H,2,10-11H2,1H3,(H2,17,18,19);1H. The van der Waals surface area contributed by atoms with Gasteiger partial charge >= 0.3 is 0 Å². The lowest BCUT2D eigenvalue weighted by Crippen LogP contribution is -2.39. The molecule has 0 aromatic carbocycles. The van der Waals surface area contributed by atoms with Crippen molar-refractivity contribution in [2.45, 2.75) is 19.6 Å². The van der Waals surface area contributed by atoms with Gasteiger partial charge in [-0.15, -0.1) is 35.3 Å². The molecule has 2 aromatic heterocycles. The SMILES string of the molecule is CCNC(=NCc1cccs1)NCC(O)c1ccncc1.I. The van der Waals surface area contributed by atoms with E-state index in [0.717, 1.165) is 12.1 Å². The van der Waals surface area contributed by atoms with Gasteiger partial charge in [0, 0.05) is 30.4 Å². The van der Waals surface area contributed by atoms with Crippen LogP contribution in [-0.2, 0) is 6.54 Å². The van der Waals surface area contributed by atoms with E-state index in [-0.39, 0.29) is 24.0 Å². The van der Waals surface area contributed by atoms with E-state index in [2.05, 4.69) is 26.7 Å². The van der Waals surface area contributed by atoms with Gasteiger partial charge in [0.05, 0.1) is 12.6 Å². The zero-order valence-electron chi connectivity index (χ0n) is 12.4. The number of aliphatic imine (C=N–C) groups is 1. The summed E-state index contributed by atoms with van der Waals surface area (Å²) in [5.74, 6) is 0.707. The molecule has 0 aliphatic carbocycles. The maximum Gasteiger partial charge on any atom is 0.191 e. The minimum Gasteiger partial charge on any atom is -0.387 e. The summed E-state index contributed by atoms with van der Waals surface area (Å²) >= 11 is 1.69. The van der Waals surface area contributed by atoms with Crippen LogP contribution in [0.1, 0.15) is 23.5 Å². The Morgan fingerprint density at radius 1 is 1.32 bits per heavy atom. The zero-order valence-corrected chi connectivity index (χ0v) is 15.5. The van der Waals surface area contributed by atoms with Crippen molar-refractivity contribution in [2.24, 2.45) is 4.99 Å². The van der Waals surface area contributed by atoms with Crippen molar-refractivity contribution in [1.29, 1.82) is 0 Å². The summed E-state index contributed by atoms with van der Waals surface area (Å²) in [6.45, 7) is 3.84. The summed E-state index contributed by atoms with van der Waals surface area (Å²) in [5, 5.41) is 18.5. The number of guanidine groups is 1. The van der Waals surface area contributed by atoms with Crippen LogP contribution in [0.4, 0.5) is 0 Å². The van der Waals surface area contributed by atoms with Gasteiger partial charge in [-0.25, -0.2) is 4.99 Å². The quantitative estimate of drug-likeness (QED) is 0.373. The van der Waals surface area contributed by atoms with E-state index in [1.165, 1.54) is 4.88 Å². The number of aromatic nitrogens is 1. The van der Waals surface area contributed by atoms with Crippen LogP contribution in [0.5, 0.6) is 0 Å². The molecule has 0 radical (unpaired) electrons. The summed E-state index contributed by atoms with van der Waals surface area (Å²) in [5.41, 5.74) is 0.839. The summed E-state index contributed by atoms with van der Waals surface area (Å²) < 4.78 is 0. The Morgan fingerprint density at radius 2 is 2.09 bits per heavy atom. The van der Waals surface area contributed by atoms with E-state index in [4.69, 9.17) is 0 Å². The molecule has 5 nitrogen and oxygen atoms in total. The first-order valence-electron chi connectivity index (χ1n) is 6.92. The fraction of sp³-hybridized carbons (Fsp3) is 0.333. The number of hydrogen-bond acceptors (Lipinski definition) is 4. The average Bonchev–Trinajstić information content (AvgIpc) is 3.04. The van der Waals surface area contributed by atoms with Crippen LogP contribution in [0.2, 0.25) is 0 Å². The molecule has 0 saturated carbocycles. The third-order valence-electron chi connectivity index (χ3n) is 2.87. The third-order valence-corrected chi connectivity index (χ3v) is 3.73. The molecule has 3 N–H and O–H groups in total. The molecule has 0 saturated heterocycles. The molecule has 1 unspecified atom stereocenters. The third kappa shape index (κ3) is 6.29. The van der Waals surface area contributed by atoms with Gasteiger partial charge in [-0.3, -0.25) is 4.98 Å². The highest BCUT2D eigenvalue weighted by atomic mass is 127. The fourth-order valence-electron chi connectivity index (χ4n) is 1.80. The highest BCUT2D eigenvalue weighted by Crippen LogP contribution is 2.10. The van der Waals surface area contributed by atoms with Crippen molar-refractivity contribution < 1.29 is 5.11 Å². The Bertz CT molecular complexity index is 548. The smallest absolute Gasteiger partial charge is 0.191 e. The summed E-state index contributed by atoms with van der Waals surface area (Å²) in [6, 6.07) is 7.69. The number of nitrogens with one attached hydrogen (secondary N) is 2. The molecule has 0 aliphatic rings. The van der Waals surface area contributed by atoms with Crippen molar-refractivity contribution in [2.75, 3.05) is 13.1 Å². The molecule has 0 aliphatic heterocycles. The molecule has 2 heterocycles. The highest BCUT2D eigenvalue weighted by Gasteiger charge is 2.07. The predicted molar refractivity (Wildman–Crippen MR) is 102 cm³/mol. The van der Waals surface area contributed by atoms with Gasteiger partial charge in [-0.1, -0.05) is 6.07 Å². The van der Waals surface area contributed by atoms with Crippen molar-refractivity contribution >= 4 is 41.3 Å². The van der Waals surface area contributed by atoms with Gasteiger partial charge in [0.1, 0.15) is 0 Å². The summed E-state index contributed by atoms with van der Waals surface area (Å²) in [4.78, 5) is 9.66. The topological polar surface area (TPSA) is 69.5 Å². The Hall–Kier alpha value is -1.19. The van der Waals surface area contributed by atoms with Gasteiger partial charge in [0.25, 0.3) is 0 Å². The van der Waals surface area contributed by atoms with Crippen LogP contribution in [0.25, 0.3) is 0 Å². The Balaban J connectivity index is 0.00000242. The minimum absolute atomic E-state index is 0. The molecule has 120 valence electrons. The van der Waals surface area contributed by atoms with E-state index in [1.807, 2.05) is 30.5 Å². The molecule has 2 rings (SSSR count). The number of pyridine rings is 1. The van der Waals surface area contributed by atoms with Crippen molar-refractivity contribution in [3.05, 3.63) is 52.5 Å². The number of halogens is 1. The molecule has 1 atom stereocenters. The summed E-state index contributed by atoms with van der Waals surface area (Å²) in [7, 11) is 0. The molecule has 0 spiro atoms. The Kier molecular flexibility index (Phi) is 9.02. The highest BCUT2D eigenvalue weighted by molar-refractivity contribution is 14.0. The van der Waals surface area contributed by atoms with Gasteiger partial charge in [0.15, 0.2) is 5.96 Å². The van der Waals surface area contributed by atoms with E-state index < -0.39 is 6.10 Å². The number of rotatable bonds is 6. The second-order valence-electron chi connectivity index (χ2n) is 4.45. The zero-order chi connectivity index (χ0) is 14.9. The lowest BCUT2D eigenvalue weighted by atomic mass is 10.1. The molecule has 2 aromatic rings.